The van der Waals surface area contributed by atoms with Crippen LogP contribution in [0.15, 0.2) is 27.6 Å². The highest BCUT2D eigenvalue weighted by Gasteiger charge is 2.17. The fraction of sp³-hybridized carbons (Fsp3) is 0.455. The molecule has 0 aliphatic rings. The highest BCUT2D eigenvalue weighted by atomic mass is 79.9. The molecule has 0 fully saturated rings. The largest absolute Gasteiger partial charge is 0.398 e. The third-order valence-corrected chi connectivity index (χ3v) is 4.12. The van der Waals surface area contributed by atoms with Crippen molar-refractivity contribution in [1.29, 1.82) is 0 Å². The highest BCUT2D eigenvalue weighted by molar-refractivity contribution is 9.10. The maximum absolute atomic E-state index is 12.0. The third kappa shape index (κ3) is 4.56. The molecule has 0 atom stereocenters. The summed E-state index contributed by atoms with van der Waals surface area (Å²) >= 11 is 3.22. The van der Waals surface area contributed by atoms with Crippen LogP contribution in [0.2, 0.25) is 0 Å². The van der Waals surface area contributed by atoms with E-state index < -0.39 is 10.0 Å². The van der Waals surface area contributed by atoms with E-state index in [1.165, 1.54) is 6.07 Å². The molecule has 102 valence electrons. The lowest BCUT2D eigenvalue weighted by Gasteiger charge is -2.11. The molecule has 0 spiro atoms. The van der Waals surface area contributed by atoms with Crippen molar-refractivity contribution in [2.24, 2.45) is 0 Å². The summed E-state index contributed by atoms with van der Waals surface area (Å²) in [4.78, 5) is 0.0708. The van der Waals surface area contributed by atoms with Crippen LogP contribution in [0.25, 0.3) is 0 Å². The lowest BCUT2D eigenvalue weighted by molar-refractivity contribution is 0.0834. The van der Waals surface area contributed by atoms with Crippen LogP contribution >= 0.6 is 15.9 Å². The molecule has 0 heterocycles. The van der Waals surface area contributed by atoms with Gasteiger partial charge >= 0.3 is 0 Å². The van der Waals surface area contributed by atoms with Crippen LogP contribution < -0.4 is 10.5 Å². The zero-order valence-corrected chi connectivity index (χ0v) is 12.7. The molecule has 0 aliphatic carbocycles. The van der Waals surface area contributed by atoms with E-state index in [2.05, 4.69) is 20.7 Å². The highest BCUT2D eigenvalue weighted by Crippen LogP contribution is 2.22. The van der Waals surface area contributed by atoms with Gasteiger partial charge in [-0.25, -0.2) is 13.1 Å². The Labute approximate surface area is 116 Å². The minimum absolute atomic E-state index is 0.0708. The van der Waals surface area contributed by atoms with Crippen molar-refractivity contribution in [2.45, 2.75) is 24.8 Å². The lowest BCUT2D eigenvalue weighted by Crippen LogP contribution is -2.28. The molecular formula is C11H17BrN2O3S. The minimum Gasteiger partial charge on any atom is -0.398 e. The third-order valence-electron chi connectivity index (χ3n) is 2.11. The van der Waals surface area contributed by atoms with Crippen LogP contribution in [0.5, 0.6) is 0 Å². The quantitative estimate of drug-likeness (QED) is 0.612. The molecule has 7 heteroatoms. The standard InChI is InChI=1S/C11H17BrN2O3S/c1-8(2)17-6-5-14-18(15,16)11-7-9(12)3-4-10(11)13/h3-4,7-8,14H,5-6,13H2,1-2H3. The van der Waals surface area contributed by atoms with Crippen molar-refractivity contribution < 1.29 is 13.2 Å². The van der Waals surface area contributed by atoms with E-state index in [-0.39, 0.29) is 23.2 Å². The first kappa shape index (κ1) is 15.4. The van der Waals surface area contributed by atoms with Crippen LogP contribution in [0.3, 0.4) is 0 Å². The van der Waals surface area contributed by atoms with Gasteiger partial charge in [-0.1, -0.05) is 15.9 Å². The Morgan fingerprint density at radius 1 is 1.44 bits per heavy atom. The summed E-state index contributed by atoms with van der Waals surface area (Å²) in [5.74, 6) is 0. The van der Waals surface area contributed by atoms with E-state index in [1.807, 2.05) is 13.8 Å². The molecule has 0 unspecified atom stereocenters. The predicted molar refractivity (Wildman–Crippen MR) is 74.8 cm³/mol. The number of nitrogens with one attached hydrogen (secondary N) is 1. The second kappa shape index (κ2) is 6.51. The average molecular weight is 337 g/mol. The van der Waals surface area contributed by atoms with E-state index in [9.17, 15) is 8.42 Å². The van der Waals surface area contributed by atoms with Gasteiger partial charge in [0.1, 0.15) is 4.90 Å². The summed E-state index contributed by atoms with van der Waals surface area (Å²) < 4.78 is 32.3. The van der Waals surface area contributed by atoms with Crippen LogP contribution in [0.4, 0.5) is 5.69 Å². The van der Waals surface area contributed by atoms with Crippen molar-refractivity contribution in [2.75, 3.05) is 18.9 Å². The van der Waals surface area contributed by atoms with Gasteiger partial charge in [0.2, 0.25) is 10.0 Å². The van der Waals surface area contributed by atoms with Gasteiger partial charge in [0.15, 0.2) is 0 Å². The molecule has 18 heavy (non-hydrogen) atoms. The van der Waals surface area contributed by atoms with Gasteiger partial charge in [0.05, 0.1) is 18.4 Å². The van der Waals surface area contributed by atoms with E-state index in [0.717, 1.165) is 0 Å². The molecule has 0 aliphatic heterocycles. The normalized spacial score (nSPS) is 12.0. The van der Waals surface area contributed by atoms with Crippen LogP contribution in [-0.2, 0) is 14.8 Å². The van der Waals surface area contributed by atoms with Gasteiger partial charge in [0, 0.05) is 11.0 Å². The second-order valence-corrected chi connectivity index (χ2v) is 6.65. The lowest BCUT2D eigenvalue weighted by atomic mass is 10.3. The maximum Gasteiger partial charge on any atom is 0.242 e. The number of nitrogen functional groups attached to an aromatic ring is 1. The fourth-order valence-corrected chi connectivity index (χ4v) is 2.97. The van der Waals surface area contributed by atoms with Gasteiger partial charge in [-0.05, 0) is 32.0 Å². The molecule has 0 amide bonds. The molecular weight excluding hydrogens is 320 g/mol. The first-order valence-electron chi connectivity index (χ1n) is 5.49. The summed E-state index contributed by atoms with van der Waals surface area (Å²) in [5, 5.41) is 0. The number of sulfonamides is 1. The monoisotopic (exact) mass is 336 g/mol. The van der Waals surface area contributed by atoms with Gasteiger partial charge < -0.3 is 10.5 Å². The molecule has 0 aromatic heterocycles. The maximum atomic E-state index is 12.0. The number of anilines is 1. The van der Waals surface area contributed by atoms with E-state index in [0.29, 0.717) is 11.1 Å². The molecule has 0 radical (unpaired) electrons. The Morgan fingerprint density at radius 3 is 2.72 bits per heavy atom. The molecule has 0 saturated carbocycles. The zero-order chi connectivity index (χ0) is 13.8. The number of ether oxygens (including phenoxy) is 1. The molecule has 1 aromatic rings. The summed E-state index contributed by atoms with van der Waals surface area (Å²) in [6.45, 7) is 4.32. The Hall–Kier alpha value is -0.630. The number of halogens is 1. The predicted octanol–water partition coefficient (Wildman–Crippen LogP) is 1.73. The van der Waals surface area contributed by atoms with Crippen molar-refractivity contribution in [1.82, 2.24) is 4.72 Å². The van der Waals surface area contributed by atoms with Crippen molar-refractivity contribution >= 4 is 31.6 Å². The minimum atomic E-state index is -3.60. The number of benzene rings is 1. The second-order valence-electron chi connectivity index (χ2n) is 4.00. The van der Waals surface area contributed by atoms with Crippen LogP contribution in [-0.4, -0.2) is 27.7 Å². The Kier molecular flexibility index (Phi) is 5.58. The first-order chi connectivity index (χ1) is 8.33. The van der Waals surface area contributed by atoms with Crippen LogP contribution in [0.1, 0.15) is 13.8 Å². The average Bonchev–Trinajstić information content (AvgIpc) is 2.27. The molecule has 5 nitrogen and oxygen atoms in total. The Bertz CT molecular complexity index is 503. The number of hydrogen-bond donors (Lipinski definition) is 2. The number of nitrogens with two attached hydrogens (primary N) is 1. The first-order valence-corrected chi connectivity index (χ1v) is 7.77. The summed E-state index contributed by atoms with van der Waals surface area (Å²) in [5.41, 5.74) is 5.87. The van der Waals surface area contributed by atoms with E-state index in [4.69, 9.17) is 10.5 Å². The molecule has 0 saturated heterocycles. The summed E-state index contributed by atoms with van der Waals surface area (Å²) in [6.07, 6.45) is 0.0745. The van der Waals surface area contributed by atoms with Gasteiger partial charge in [-0.3, -0.25) is 0 Å². The van der Waals surface area contributed by atoms with E-state index in [1.54, 1.807) is 12.1 Å². The van der Waals surface area contributed by atoms with Gasteiger partial charge in [-0.15, -0.1) is 0 Å². The van der Waals surface area contributed by atoms with Crippen molar-refractivity contribution in [3.8, 4) is 0 Å². The van der Waals surface area contributed by atoms with Crippen molar-refractivity contribution in [3.63, 3.8) is 0 Å². The molecule has 1 rings (SSSR count). The smallest absolute Gasteiger partial charge is 0.242 e. The SMILES string of the molecule is CC(C)OCCNS(=O)(=O)c1cc(Br)ccc1N. The van der Waals surface area contributed by atoms with Gasteiger partial charge in [0.25, 0.3) is 0 Å². The molecule has 3 N–H and O–H groups in total. The Balaban J connectivity index is 2.71. The number of hydrogen-bond acceptors (Lipinski definition) is 4. The Morgan fingerprint density at radius 2 is 2.11 bits per heavy atom. The zero-order valence-electron chi connectivity index (χ0n) is 10.3. The topological polar surface area (TPSA) is 81.4 Å². The summed E-state index contributed by atoms with van der Waals surface area (Å²) in [6, 6.07) is 4.71. The fourth-order valence-electron chi connectivity index (χ4n) is 1.29. The van der Waals surface area contributed by atoms with E-state index >= 15 is 0 Å². The number of rotatable bonds is 6. The van der Waals surface area contributed by atoms with Crippen LogP contribution in [0, 0.1) is 0 Å². The van der Waals surface area contributed by atoms with Gasteiger partial charge in [-0.2, -0.15) is 0 Å². The van der Waals surface area contributed by atoms with Crippen molar-refractivity contribution in [3.05, 3.63) is 22.7 Å². The summed E-state index contributed by atoms with van der Waals surface area (Å²) in [7, 11) is -3.60. The molecule has 0 bridgehead atoms. The molecule has 1 aromatic carbocycles.